The molecule has 4 rings (SSSR count). The fourth-order valence-corrected chi connectivity index (χ4v) is 6.27. The van der Waals surface area contributed by atoms with Gasteiger partial charge in [-0.25, -0.2) is 0 Å². The van der Waals surface area contributed by atoms with Crippen LogP contribution in [0.4, 0.5) is 5.69 Å². The minimum Gasteiger partial charge on any atom is -0.369 e. The van der Waals surface area contributed by atoms with Gasteiger partial charge in [0.15, 0.2) is 0 Å². The number of para-hydroxylation sites is 1. The zero-order valence-electron chi connectivity index (χ0n) is 17.8. The van der Waals surface area contributed by atoms with E-state index in [2.05, 4.69) is 61.8 Å². The van der Waals surface area contributed by atoms with Crippen molar-refractivity contribution in [1.82, 2.24) is 4.90 Å². The zero-order chi connectivity index (χ0) is 18.4. The highest BCUT2D eigenvalue weighted by molar-refractivity contribution is 5.85. The van der Waals surface area contributed by atoms with Crippen molar-refractivity contribution in [1.29, 1.82) is 0 Å². The Labute approximate surface area is 173 Å². The van der Waals surface area contributed by atoms with E-state index in [9.17, 15) is 0 Å². The summed E-state index contributed by atoms with van der Waals surface area (Å²) >= 11 is 0. The number of anilines is 1. The van der Waals surface area contributed by atoms with Crippen LogP contribution in [0.5, 0.6) is 0 Å². The van der Waals surface area contributed by atoms with Gasteiger partial charge in [-0.1, -0.05) is 52.3 Å². The summed E-state index contributed by atoms with van der Waals surface area (Å²) in [6.45, 7) is 14.8. The van der Waals surface area contributed by atoms with Gasteiger partial charge in [-0.2, -0.15) is 0 Å². The van der Waals surface area contributed by atoms with E-state index in [0.29, 0.717) is 16.7 Å². The van der Waals surface area contributed by atoms with Crippen LogP contribution in [-0.2, 0) is 0 Å². The molecule has 152 valence electrons. The van der Waals surface area contributed by atoms with E-state index in [1.54, 1.807) is 5.56 Å². The molecule has 0 amide bonds. The monoisotopic (exact) mass is 390 g/mol. The molecule has 0 radical (unpaired) electrons. The third kappa shape index (κ3) is 4.65. The number of rotatable bonds is 3. The van der Waals surface area contributed by atoms with Gasteiger partial charge in [0, 0.05) is 37.9 Å². The van der Waals surface area contributed by atoms with Crippen molar-refractivity contribution in [2.45, 2.75) is 78.2 Å². The Balaban J connectivity index is 0.00000210. The van der Waals surface area contributed by atoms with Crippen molar-refractivity contribution in [3.63, 3.8) is 0 Å². The summed E-state index contributed by atoms with van der Waals surface area (Å²) in [5.41, 5.74) is 4.04. The van der Waals surface area contributed by atoms with Gasteiger partial charge < -0.3 is 4.90 Å². The Kier molecular flexibility index (Phi) is 6.18. The van der Waals surface area contributed by atoms with Crippen molar-refractivity contribution < 1.29 is 0 Å². The number of benzene rings is 1. The fourth-order valence-electron chi connectivity index (χ4n) is 6.27. The predicted molar refractivity (Wildman–Crippen MR) is 119 cm³/mol. The molecule has 27 heavy (non-hydrogen) atoms. The lowest BCUT2D eigenvalue weighted by Gasteiger charge is -2.47. The number of piperazine rings is 1. The Morgan fingerprint density at radius 1 is 0.852 bits per heavy atom. The first-order valence-corrected chi connectivity index (χ1v) is 10.9. The lowest BCUT2D eigenvalue weighted by molar-refractivity contribution is 0.0967. The zero-order valence-corrected chi connectivity index (χ0v) is 18.7. The molecule has 2 saturated carbocycles. The lowest BCUT2D eigenvalue weighted by atomic mass is 9.60. The molecule has 0 atom stereocenters. The lowest BCUT2D eigenvalue weighted by Crippen LogP contribution is -2.52. The van der Waals surface area contributed by atoms with E-state index in [4.69, 9.17) is 0 Å². The van der Waals surface area contributed by atoms with Gasteiger partial charge in [-0.15, -0.1) is 12.4 Å². The second-order valence-electron chi connectivity index (χ2n) is 10.8. The van der Waals surface area contributed by atoms with Gasteiger partial charge in [0.25, 0.3) is 0 Å². The Morgan fingerprint density at radius 2 is 1.44 bits per heavy atom. The molecule has 0 spiro atoms. The summed E-state index contributed by atoms with van der Waals surface area (Å²) in [6.07, 6.45) is 8.32. The van der Waals surface area contributed by atoms with E-state index in [1.807, 2.05) is 0 Å². The smallest absolute Gasteiger partial charge is 0.0402 e. The molecule has 0 unspecified atom stereocenters. The van der Waals surface area contributed by atoms with Gasteiger partial charge in [-0.3, -0.25) is 4.90 Å². The van der Waals surface area contributed by atoms with Crippen LogP contribution in [0.1, 0.15) is 77.7 Å². The molecule has 2 nitrogen and oxygen atoms in total. The predicted octanol–water partition coefficient (Wildman–Crippen LogP) is 6.10. The van der Waals surface area contributed by atoms with Crippen LogP contribution >= 0.6 is 12.4 Å². The molecule has 1 aromatic rings. The van der Waals surface area contributed by atoms with Crippen LogP contribution in [0.25, 0.3) is 0 Å². The van der Waals surface area contributed by atoms with Crippen molar-refractivity contribution in [3.8, 4) is 0 Å². The second kappa shape index (κ2) is 7.95. The summed E-state index contributed by atoms with van der Waals surface area (Å²) < 4.78 is 0. The molecular formula is C24H39ClN2. The van der Waals surface area contributed by atoms with E-state index in [-0.39, 0.29) is 12.4 Å². The highest BCUT2D eigenvalue weighted by atomic mass is 35.5. The fraction of sp³-hybridized carbons (Fsp3) is 0.750. The van der Waals surface area contributed by atoms with Crippen molar-refractivity contribution in [2.75, 3.05) is 31.1 Å². The van der Waals surface area contributed by atoms with E-state index in [1.165, 1.54) is 70.4 Å². The molecule has 0 N–H and O–H groups in total. The van der Waals surface area contributed by atoms with Gasteiger partial charge in [0.2, 0.25) is 0 Å². The van der Waals surface area contributed by atoms with Gasteiger partial charge >= 0.3 is 0 Å². The highest BCUT2D eigenvalue weighted by Crippen LogP contribution is 2.53. The summed E-state index contributed by atoms with van der Waals surface area (Å²) in [7, 11) is 0. The molecule has 3 fully saturated rings. The molecule has 2 aliphatic carbocycles. The average Bonchev–Trinajstić information content (AvgIpc) is 2.51. The van der Waals surface area contributed by atoms with Crippen LogP contribution in [-0.4, -0.2) is 37.1 Å². The number of hydrogen-bond donors (Lipinski definition) is 0. The highest BCUT2D eigenvalue weighted by Gasteiger charge is 2.40. The van der Waals surface area contributed by atoms with Crippen LogP contribution in [0.15, 0.2) is 24.3 Å². The SMILES string of the molecule is CC1(C)CC(c2ccccc2N2CCN(C3CCC3)CC2)CC(C)(C)C1.Cl. The molecule has 3 heteroatoms. The molecule has 3 aliphatic rings. The molecular weight excluding hydrogens is 352 g/mol. The Morgan fingerprint density at radius 3 is 2.00 bits per heavy atom. The third-order valence-electron chi connectivity index (χ3n) is 7.18. The van der Waals surface area contributed by atoms with E-state index >= 15 is 0 Å². The number of nitrogens with zero attached hydrogens (tertiary/aromatic N) is 2. The van der Waals surface area contributed by atoms with Crippen molar-refractivity contribution >= 4 is 18.1 Å². The van der Waals surface area contributed by atoms with E-state index in [0.717, 1.165) is 6.04 Å². The Bertz CT molecular complexity index is 611. The molecule has 0 aromatic heterocycles. The maximum atomic E-state index is 2.75. The summed E-state index contributed by atoms with van der Waals surface area (Å²) in [5, 5.41) is 0. The standard InChI is InChI=1S/C24H38N2.ClH/c1-23(2)16-19(17-24(3,4)18-23)21-10-5-6-11-22(21)26-14-12-25(13-15-26)20-8-7-9-20;/h5-6,10-11,19-20H,7-9,12-18H2,1-4H3;1H. The van der Waals surface area contributed by atoms with Crippen molar-refractivity contribution in [2.24, 2.45) is 10.8 Å². The molecule has 1 heterocycles. The number of halogens is 1. The minimum atomic E-state index is 0. The van der Waals surface area contributed by atoms with Crippen LogP contribution in [0, 0.1) is 10.8 Å². The van der Waals surface area contributed by atoms with E-state index < -0.39 is 0 Å². The molecule has 1 saturated heterocycles. The summed E-state index contributed by atoms with van der Waals surface area (Å²) in [4.78, 5) is 5.43. The molecule has 1 aliphatic heterocycles. The van der Waals surface area contributed by atoms with Crippen LogP contribution in [0.2, 0.25) is 0 Å². The summed E-state index contributed by atoms with van der Waals surface area (Å²) in [5.74, 6) is 0.703. The maximum Gasteiger partial charge on any atom is 0.0402 e. The molecule has 0 bridgehead atoms. The maximum absolute atomic E-state index is 2.75. The van der Waals surface area contributed by atoms with Crippen LogP contribution < -0.4 is 4.90 Å². The topological polar surface area (TPSA) is 6.48 Å². The number of hydrogen-bond acceptors (Lipinski definition) is 2. The third-order valence-corrected chi connectivity index (χ3v) is 7.18. The minimum absolute atomic E-state index is 0. The largest absolute Gasteiger partial charge is 0.369 e. The van der Waals surface area contributed by atoms with Gasteiger partial charge in [0.05, 0.1) is 0 Å². The molecule has 1 aromatic carbocycles. The first-order valence-electron chi connectivity index (χ1n) is 10.9. The summed E-state index contributed by atoms with van der Waals surface area (Å²) in [6, 6.07) is 10.2. The van der Waals surface area contributed by atoms with Gasteiger partial charge in [-0.05, 0) is 60.5 Å². The first-order chi connectivity index (χ1) is 12.3. The van der Waals surface area contributed by atoms with Crippen LogP contribution in [0.3, 0.4) is 0 Å². The average molecular weight is 391 g/mol. The first kappa shape index (κ1) is 21.0. The normalized spacial score (nSPS) is 26.3. The quantitative estimate of drug-likeness (QED) is 0.614. The second-order valence-corrected chi connectivity index (χ2v) is 10.8. The van der Waals surface area contributed by atoms with Gasteiger partial charge in [0.1, 0.15) is 0 Å². The van der Waals surface area contributed by atoms with Crippen molar-refractivity contribution in [3.05, 3.63) is 29.8 Å². The Hall–Kier alpha value is -0.730.